The smallest absolute Gasteiger partial charge is 0.305 e. The van der Waals surface area contributed by atoms with Crippen LogP contribution in [0.15, 0.2) is 11.8 Å². The first-order chi connectivity index (χ1) is 18.3. The van der Waals surface area contributed by atoms with Crippen molar-refractivity contribution in [3.05, 3.63) is 11.8 Å². The maximum atomic E-state index is 11.9. The molecule has 0 spiro atoms. The molecule has 40 heavy (non-hydrogen) atoms. The Balaban J connectivity index is 1.62. The fourth-order valence-electron chi connectivity index (χ4n) is 9.41. The van der Waals surface area contributed by atoms with Crippen molar-refractivity contribution in [3.63, 3.8) is 0 Å². The van der Waals surface area contributed by atoms with Crippen LogP contribution in [0.5, 0.6) is 0 Å². The molecule has 0 aromatic rings. The van der Waals surface area contributed by atoms with Gasteiger partial charge in [-0.25, -0.2) is 0 Å². The van der Waals surface area contributed by atoms with Crippen LogP contribution in [0.3, 0.4) is 0 Å². The van der Waals surface area contributed by atoms with Gasteiger partial charge in [0.05, 0.1) is 12.9 Å². The van der Waals surface area contributed by atoms with Gasteiger partial charge < -0.3 is 13.6 Å². The van der Waals surface area contributed by atoms with Crippen molar-refractivity contribution in [2.45, 2.75) is 143 Å². The first-order valence-corrected chi connectivity index (χ1v) is 22.8. The van der Waals surface area contributed by atoms with E-state index in [2.05, 4.69) is 80.4 Å². The molecule has 4 aliphatic carbocycles. The first kappa shape index (κ1) is 32.3. The minimum Gasteiger partial charge on any atom is -0.547 e. The standard InChI is InChI=1S/C34H62O4Si2/c1-23(13-16-30(35)36-7)26-14-15-27-31-28(18-20-34(26,27)6)33(5)19-17-25(37-40(11,12)32(2,3)4)21-24(33)22-29(31)38-39(8,9)10/h22-28,31H,13-21H2,1-12H3/t23?,24?,25?,26?,27?,28?,31?,33-,34+/m0/s1. The molecule has 0 saturated heterocycles. The second kappa shape index (κ2) is 11.2. The molecule has 0 aliphatic heterocycles. The van der Waals surface area contributed by atoms with Crippen LogP contribution in [0.2, 0.25) is 37.8 Å². The van der Waals surface area contributed by atoms with E-state index in [-0.39, 0.29) is 11.0 Å². The van der Waals surface area contributed by atoms with Crippen LogP contribution < -0.4 is 0 Å². The third-order valence-electron chi connectivity index (χ3n) is 12.7. The second-order valence-corrected chi connectivity index (χ2v) is 26.4. The highest BCUT2D eigenvalue weighted by Crippen LogP contribution is 2.68. The van der Waals surface area contributed by atoms with E-state index >= 15 is 0 Å². The van der Waals surface area contributed by atoms with E-state index in [1.54, 1.807) is 0 Å². The molecule has 0 bridgehead atoms. The molecule has 4 nitrogen and oxygen atoms in total. The molecule has 0 aromatic heterocycles. The highest BCUT2D eigenvalue weighted by atomic mass is 28.4. The van der Waals surface area contributed by atoms with E-state index in [0.29, 0.717) is 58.9 Å². The number of allylic oxidation sites excluding steroid dienone is 2. The van der Waals surface area contributed by atoms with Gasteiger partial charge in [0.15, 0.2) is 8.32 Å². The fourth-order valence-corrected chi connectivity index (χ4v) is 11.7. The predicted molar refractivity (Wildman–Crippen MR) is 171 cm³/mol. The van der Waals surface area contributed by atoms with Gasteiger partial charge in [0.25, 0.3) is 0 Å². The molecule has 0 amide bonds. The van der Waals surface area contributed by atoms with Gasteiger partial charge in [0.2, 0.25) is 8.32 Å². The quantitative estimate of drug-likeness (QED) is 0.209. The summed E-state index contributed by atoms with van der Waals surface area (Å²) in [4.78, 5) is 11.9. The Morgan fingerprint density at radius 1 is 1.00 bits per heavy atom. The van der Waals surface area contributed by atoms with E-state index in [9.17, 15) is 4.79 Å². The monoisotopic (exact) mass is 590 g/mol. The summed E-state index contributed by atoms with van der Waals surface area (Å²) in [6.45, 7) is 26.6. The van der Waals surface area contributed by atoms with Crippen LogP contribution in [-0.2, 0) is 18.4 Å². The average molecular weight is 591 g/mol. The lowest BCUT2D eigenvalue weighted by Crippen LogP contribution is -2.55. The van der Waals surface area contributed by atoms with Gasteiger partial charge in [-0.1, -0.05) is 41.5 Å². The summed E-state index contributed by atoms with van der Waals surface area (Å²) in [5.41, 5.74) is 0.657. The Morgan fingerprint density at radius 3 is 2.23 bits per heavy atom. The molecular weight excluding hydrogens is 529 g/mol. The van der Waals surface area contributed by atoms with E-state index in [4.69, 9.17) is 13.6 Å². The van der Waals surface area contributed by atoms with Gasteiger partial charge in [-0.2, -0.15) is 0 Å². The van der Waals surface area contributed by atoms with Crippen molar-refractivity contribution >= 4 is 22.6 Å². The summed E-state index contributed by atoms with van der Waals surface area (Å²) >= 11 is 0. The number of ether oxygens (including phenoxy) is 1. The molecule has 4 aliphatic rings. The summed E-state index contributed by atoms with van der Waals surface area (Å²) in [6, 6.07) is 0. The zero-order valence-electron chi connectivity index (χ0n) is 28.1. The van der Waals surface area contributed by atoms with Gasteiger partial charge in [-0.05, 0) is 136 Å². The SMILES string of the molecule is COC(=O)CCC(C)C1CCC2C3C(O[Si](C)(C)C)=CC4CC(O[Si](C)(C)C(C)(C)C)CC[C@]4(C)C3CC[C@]12C. The van der Waals surface area contributed by atoms with Gasteiger partial charge in [-0.15, -0.1) is 0 Å². The molecule has 3 fully saturated rings. The molecule has 0 aromatic carbocycles. The Bertz CT molecular complexity index is 962. The van der Waals surface area contributed by atoms with Crippen LogP contribution in [-0.4, -0.2) is 35.8 Å². The Labute approximate surface area is 249 Å². The number of fused-ring (bicyclic) bond motifs is 5. The van der Waals surface area contributed by atoms with Crippen molar-refractivity contribution in [2.24, 2.45) is 46.3 Å². The summed E-state index contributed by atoms with van der Waals surface area (Å²) in [6.07, 6.45) is 13.3. The zero-order valence-corrected chi connectivity index (χ0v) is 30.1. The highest BCUT2D eigenvalue weighted by Gasteiger charge is 2.62. The van der Waals surface area contributed by atoms with Crippen molar-refractivity contribution < 1.29 is 18.4 Å². The molecule has 3 saturated carbocycles. The minimum absolute atomic E-state index is 0.0663. The highest BCUT2D eigenvalue weighted by molar-refractivity contribution is 6.74. The Kier molecular flexibility index (Phi) is 9.01. The van der Waals surface area contributed by atoms with Crippen LogP contribution in [0.25, 0.3) is 0 Å². The number of methoxy groups -OCH3 is 1. The molecule has 4 rings (SSSR count). The largest absolute Gasteiger partial charge is 0.547 e. The lowest BCUT2D eigenvalue weighted by atomic mass is 9.46. The summed E-state index contributed by atoms with van der Waals surface area (Å²) in [5, 5.41) is 0.244. The average Bonchev–Trinajstić information content (AvgIpc) is 3.18. The lowest BCUT2D eigenvalue weighted by molar-refractivity contribution is -0.141. The van der Waals surface area contributed by atoms with E-state index in [0.717, 1.165) is 12.8 Å². The minimum atomic E-state index is -1.80. The van der Waals surface area contributed by atoms with E-state index in [1.165, 1.54) is 51.4 Å². The fraction of sp³-hybridized carbons (Fsp3) is 0.912. The zero-order chi connectivity index (χ0) is 29.9. The summed E-state index contributed by atoms with van der Waals surface area (Å²) in [5.74, 6) is 4.98. The second-order valence-electron chi connectivity index (χ2n) is 17.2. The molecule has 0 N–H and O–H groups in total. The van der Waals surface area contributed by atoms with Gasteiger partial charge >= 0.3 is 5.97 Å². The topological polar surface area (TPSA) is 44.8 Å². The maximum Gasteiger partial charge on any atom is 0.305 e. The summed E-state index contributed by atoms with van der Waals surface area (Å²) < 4.78 is 19.1. The molecule has 0 heterocycles. The summed E-state index contributed by atoms with van der Waals surface area (Å²) in [7, 11) is -2.05. The third-order valence-corrected chi connectivity index (χ3v) is 18.0. The van der Waals surface area contributed by atoms with E-state index < -0.39 is 16.6 Å². The van der Waals surface area contributed by atoms with E-state index in [1.807, 2.05) is 0 Å². The first-order valence-electron chi connectivity index (χ1n) is 16.5. The lowest BCUT2D eigenvalue weighted by Gasteiger charge is -2.61. The number of hydrogen-bond donors (Lipinski definition) is 0. The number of rotatable bonds is 8. The third kappa shape index (κ3) is 6.07. The number of hydrogen-bond acceptors (Lipinski definition) is 4. The van der Waals surface area contributed by atoms with Crippen molar-refractivity contribution in [1.29, 1.82) is 0 Å². The molecule has 0 radical (unpaired) electrons. The van der Waals surface area contributed by atoms with Crippen LogP contribution in [0, 0.1) is 46.3 Å². The van der Waals surface area contributed by atoms with Crippen molar-refractivity contribution in [2.75, 3.05) is 7.11 Å². The van der Waals surface area contributed by atoms with Gasteiger partial charge in [0.1, 0.15) is 0 Å². The number of carbonyl (C=O) groups excluding carboxylic acids is 1. The number of esters is 1. The van der Waals surface area contributed by atoms with Crippen LogP contribution in [0.4, 0.5) is 0 Å². The molecular formula is C34H62O4Si2. The van der Waals surface area contributed by atoms with Crippen LogP contribution in [0.1, 0.15) is 99.3 Å². The molecule has 6 heteroatoms. The molecule has 7 unspecified atom stereocenters. The number of carbonyl (C=O) groups is 1. The van der Waals surface area contributed by atoms with Gasteiger partial charge in [0, 0.05) is 18.4 Å². The molecule has 9 atom stereocenters. The van der Waals surface area contributed by atoms with Crippen LogP contribution >= 0.6 is 0 Å². The molecule has 230 valence electrons. The Hall–Kier alpha value is -0.596. The van der Waals surface area contributed by atoms with Crippen molar-refractivity contribution in [1.82, 2.24) is 0 Å². The normalized spacial score (nSPS) is 39.0. The van der Waals surface area contributed by atoms with Crippen molar-refractivity contribution in [3.8, 4) is 0 Å². The maximum absolute atomic E-state index is 11.9. The Morgan fingerprint density at radius 2 is 1.62 bits per heavy atom. The predicted octanol–water partition coefficient (Wildman–Crippen LogP) is 9.58. The van der Waals surface area contributed by atoms with Gasteiger partial charge in [-0.3, -0.25) is 4.79 Å².